The summed E-state index contributed by atoms with van der Waals surface area (Å²) < 4.78 is 1.15. The van der Waals surface area contributed by atoms with Gasteiger partial charge in [0.1, 0.15) is 5.82 Å². The summed E-state index contributed by atoms with van der Waals surface area (Å²) in [6, 6.07) is 0. The second kappa shape index (κ2) is 4.99. The molecule has 0 spiro atoms. The van der Waals surface area contributed by atoms with Crippen molar-refractivity contribution >= 4 is 39.5 Å². The summed E-state index contributed by atoms with van der Waals surface area (Å²) in [7, 11) is 0. The number of nitrogens with two attached hydrogens (primary N) is 1. The molecule has 1 aliphatic heterocycles. The molecule has 0 bridgehead atoms. The van der Waals surface area contributed by atoms with Crippen LogP contribution in [-0.2, 0) is 0 Å². The quantitative estimate of drug-likeness (QED) is 0.641. The largest absolute Gasteiger partial charge is 0.353 e. The third-order valence-corrected chi connectivity index (χ3v) is 4.44. The normalized spacial score (nSPS) is 19.2. The maximum absolute atomic E-state index is 5.34. The van der Waals surface area contributed by atoms with Gasteiger partial charge >= 0.3 is 0 Å². The Hall–Kier alpha value is -0.530. The first-order valence-electron chi connectivity index (χ1n) is 5.40. The minimum atomic E-state index is 0.249. The zero-order valence-electron chi connectivity index (χ0n) is 9.90. The number of nitrogen functional groups attached to an aromatic ring is 1. The van der Waals surface area contributed by atoms with Crippen LogP contribution in [0, 0.1) is 0 Å². The highest BCUT2D eigenvalue weighted by Gasteiger charge is 2.28. The summed E-state index contributed by atoms with van der Waals surface area (Å²) in [5.74, 6) is 7.79. The van der Waals surface area contributed by atoms with Crippen molar-refractivity contribution in [3.05, 3.63) is 10.7 Å². The van der Waals surface area contributed by atoms with E-state index in [2.05, 4.69) is 50.1 Å². The van der Waals surface area contributed by atoms with Gasteiger partial charge in [-0.25, -0.2) is 10.8 Å². The first kappa shape index (κ1) is 12.9. The van der Waals surface area contributed by atoms with Gasteiger partial charge in [-0.2, -0.15) is 16.7 Å². The number of thioether (sulfide) groups is 1. The Kier molecular flexibility index (Phi) is 3.79. The molecular weight excluding hydrogens is 302 g/mol. The molecule has 1 aromatic rings. The summed E-state index contributed by atoms with van der Waals surface area (Å²) in [6.07, 6.45) is 1.73. The van der Waals surface area contributed by atoms with Crippen LogP contribution in [0.2, 0.25) is 0 Å². The van der Waals surface area contributed by atoms with Crippen molar-refractivity contribution < 1.29 is 0 Å². The zero-order valence-corrected chi connectivity index (χ0v) is 12.3. The van der Waals surface area contributed by atoms with Crippen molar-refractivity contribution in [1.29, 1.82) is 0 Å². The molecule has 0 saturated carbocycles. The number of halogens is 1. The molecule has 0 aliphatic carbocycles. The van der Waals surface area contributed by atoms with Gasteiger partial charge in [-0.3, -0.25) is 5.43 Å². The third kappa shape index (κ3) is 3.02. The molecule has 0 aromatic carbocycles. The van der Waals surface area contributed by atoms with E-state index in [-0.39, 0.29) is 4.75 Å². The van der Waals surface area contributed by atoms with E-state index in [9.17, 15) is 0 Å². The van der Waals surface area contributed by atoms with Crippen molar-refractivity contribution in [2.75, 3.05) is 29.2 Å². The molecular formula is C10H16BrN5S. The van der Waals surface area contributed by atoms with Gasteiger partial charge in [-0.05, 0) is 29.8 Å². The SMILES string of the molecule is CC1(C)CN(c2nc(NN)ncc2Br)CCS1. The van der Waals surface area contributed by atoms with Crippen LogP contribution in [0.3, 0.4) is 0 Å². The van der Waals surface area contributed by atoms with Crippen LogP contribution >= 0.6 is 27.7 Å². The highest BCUT2D eigenvalue weighted by atomic mass is 79.9. The van der Waals surface area contributed by atoms with Gasteiger partial charge in [0.25, 0.3) is 0 Å². The second-order valence-corrected chi connectivity index (χ2v) is 7.20. The van der Waals surface area contributed by atoms with Gasteiger partial charge < -0.3 is 4.90 Å². The zero-order chi connectivity index (χ0) is 12.5. The van der Waals surface area contributed by atoms with Crippen molar-refractivity contribution in [2.45, 2.75) is 18.6 Å². The van der Waals surface area contributed by atoms with Crippen LogP contribution < -0.4 is 16.2 Å². The molecule has 0 radical (unpaired) electrons. The van der Waals surface area contributed by atoms with Gasteiger partial charge in [0, 0.05) is 29.8 Å². The van der Waals surface area contributed by atoms with E-state index in [1.54, 1.807) is 6.20 Å². The maximum atomic E-state index is 5.34. The summed E-state index contributed by atoms with van der Waals surface area (Å²) in [5, 5.41) is 0. The minimum Gasteiger partial charge on any atom is -0.353 e. The van der Waals surface area contributed by atoms with E-state index in [1.165, 1.54) is 0 Å². The van der Waals surface area contributed by atoms with Gasteiger partial charge in [-0.1, -0.05) is 0 Å². The average Bonchev–Trinajstić information content (AvgIpc) is 2.28. The van der Waals surface area contributed by atoms with Gasteiger partial charge in [0.15, 0.2) is 0 Å². The van der Waals surface area contributed by atoms with Gasteiger partial charge in [0.05, 0.1) is 4.47 Å². The summed E-state index contributed by atoms with van der Waals surface area (Å²) in [5.41, 5.74) is 2.48. The Balaban J connectivity index is 2.26. The van der Waals surface area contributed by atoms with Gasteiger partial charge in [0.2, 0.25) is 5.95 Å². The van der Waals surface area contributed by atoms with E-state index in [1.807, 2.05) is 11.8 Å². The lowest BCUT2D eigenvalue weighted by molar-refractivity contribution is 0.641. The second-order valence-electron chi connectivity index (χ2n) is 4.54. The van der Waals surface area contributed by atoms with Crippen LogP contribution in [0.15, 0.2) is 10.7 Å². The Bertz CT molecular complexity index is 412. The standard InChI is InChI=1S/C10H16BrN5S/c1-10(2)6-16(3-4-17-10)8-7(11)5-13-9(14-8)15-12/h5H,3-4,6,12H2,1-2H3,(H,13,14,15). The first-order valence-corrected chi connectivity index (χ1v) is 7.18. The molecule has 94 valence electrons. The molecule has 5 nitrogen and oxygen atoms in total. The maximum Gasteiger partial charge on any atom is 0.239 e. The average molecular weight is 318 g/mol. The van der Waals surface area contributed by atoms with Crippen LogP contribution in [0.25, 0.3) is 0 Å². The van der Waals surface area contributed by atoms with Crippen LogP contribution in [0.5, 0.6) is 0 Å². The molecule has 1 aromatic heterocycles. The number of hydrogen-bond donors (Lipinski definition) is 2. The van der Waals surface area contributed by atoms with Gasteiger partial charge in [-0.15, -0.1) is 0 Å². The Morgan fingerprint density at radius 1 is 1.59 bits per heavy atom. The fraction of sp³-hybridized carbons (Fsp3) is 0.600. The number of anilines is 2. The van der Waals surface area contributed by atoms with Crippen molar-refractivity contribution in [3.8, 4) is 0 Å². The van der Waals surface area contributed by atoms with E-state index >= 15 is 0 Å². The van der Waals surface area contributed by atoms with Crippen molar-refractivity contribution in [1.82, 2.24) is 9.97 Å². The highest BCUT2D eigenvalue weighted by Crippen LogP contribution is 2.34. The first-order chi connectivity index (χ1) is 8.02. The molecule has 2 heterocycles. The molecule has 7 heteroatoms. The third-order valence-electron chi connectivity index (χ3n) is 2.58. The van der Waals surface area contributed by atoms with Crippen LogP contribution in [0.4, 0.5) is 11.8 Å². The van der Waals surface area contributed by atoms with Crippen molar-refractivity contribution in [3.63, 3.8) is 0 Å². The smallest absolute Gasteiger partial charge is 0.239 e. The summed E-state index contributed by atoms with van der Waals surface area (Å²) in [4.78, 5) is 10.7. The number of hydrogen-bond acceptors (Lipinski definition) is 6. The predicted octanol–water partition coefficient (Wildman–Crippen LogP) is 1.86. The van der Waals surface area contributed by atoms with Crippen molar-refractivity contribution in [2.24, 2.45) is 5.84 Å². The summed E-state index contributed by atoms with van der Waals surface area (Å²) in [6.45, 7) is 6.47. The number of nitrogens with zero attached hydrogens (tertiary/aromatic N) is 3. The molecule has 3 N–H and O–H groups in total. The van der Waals surface area contributed by atoms with Crippen LogP contribution in [-0.4, -0.2) is 33.6 Å². The van der Waals surface area contributed by atoms with E-state index < -0.39 is 0 Å². The lowest BCUT2D eigenvalue weighted by Crippen LogP contribution is -2.43. The Morgan fingerprint density at radius 2 is 2.35 bits per heavy atom. The number of aromatic nitrogens is 2. The topological polar surface area (TPSA) is 67.1 Å². The molecule has 1 aliphatic rings. The number of hydrazine groups is 1. The lowest BCUT2D eigenvalue weighted by Gasteiger charge is -2.38. The fourth-order valence-corrected chi connectivity index (χ4v) is 3.40. The van der Waals surface area contributed by atoms with E-state index in [4.69, 9.17) is 5.84 Å². The monoisotopic (exact) mass is 317 g/mol. The highest BCUT2D eigenvalue weighted by molar-refractivity contribution is 9.10. The molecule has 0 atom stereocenters. The van der Waals surface area contributed by atoms with E-state index in [0.29, 0.717) is 5.95 Å². The lowest BCUT2D eigenvalue weighted by atomic mass is 10.2. The molecule has 0 unspecified atom stereocenters. The molecule has 1 fully saturated rings. The number of rotatable bonds is 2. The Morgan fingerprint density at radius 3 is 3.00 bits per heavy atom. The predicted molar refractivity (Wildman–Crippen MR) is 76.3 cm³/mol. The molecule has 0 amide bonds. The fourth-order valence-electron chi connectivity index (χ4n) is 1.85. The minimum absolute atomic E-state index is 0.249. The number of nitrogens with one attached hydrogen (secondary N) is 1. The van der Waals surface area contributed by atoms with E-state index in [0.717, 1.165) is 29.1 Å². The Labute approximate surface area is 114 Å². The van der Waals surface area contributed by atoms with Crippen LogP contribution in [0.1, 0.15) is 13.8 Å². The molecule has 17 heavy (non-hydrogen) atoms. The molecule has 1 saturated heterocycles. The summed E-state index contributed by atoms with van der Waals surface area (Å²) >= 11 is 5.48. The molecule has 2 rings (SSSR count).